The van der Waals surface area contributed by atoms with Crippen molar-refractivity contribution in [2.75, 3.05) is 31.4 Å². The van der Waals surface area contributed by atoms with Gasteiger partial charge in [-0.2, -0.15) is 0 Å². The Labute approximate surface area is 139 Å². The summed E-state index contributed by atoms with van der Waals surface area (Å²) in [5.74, 6) is 1.80. The summed E-state index contributed by atoms with van der Waals surface area (Å²) in [7, 11) is 5.29. The molecule has 0 unspecified atom stereocenters. The number of hydrogen-bond acceptors (Lipinski definition) is 5. The third kappa shape index (κ3) is 4.72. The molecule has 0 aliphatic rings. The maximum atomic E-state index is 11.9. The Morgan fingerprint density at radius 3 is 2.83 bits per heavy atom. The van der Waals surface area contributed by atoms with Crippen molar-refractivity contribution in [3.8, 4) is 5.75 Å². The molecule has 0 saturated heterocycles. The molecule has 0 fully saturated rings. The van der Waals surface area contributed by atoms with E-state index in [9.17, 15) is 4.79 Å². The molecule has 0 saturated carbocycles. The van der Waals surface area contributed by atoms with E-state index in [2.05, 4.69) is 20.6 Å². The average Bonchev–Trinajstić information content (AvgIpc) is 2.55. The van der Waals surface area contributed by atoms with E-state index in [0.29, 0.717) is 22.3 Å². The van der Waals surface area contributed by atoms with Gasteiger partial charge in [0.05, 0.1) is 18.7 Å². The molecule has 2 amide bonds. The number of benzene rings is 1. The molecular weight excluding hydrogens is 318 g/mol. The molecule has 1 aromatic carbocycles. The summed E-state index contributed by atoms with van der Waals surface area (Å²) in [5.41, 5.74) is 0.576. The summed E-state index contributed by atoms with van der Waals surface area (Å²) < 4.78 is 5.10. The monoisotopic (exact) mass is 335 g/mol. The molecule has 2 rings (SSSR count). The number of carbonyl (C=O) groups is 1. The van der Waals surface area contributed by atoms with Crippen LogP contribution in [0.4, 0.5) is 16.3 Å². The minimum atomic E-state index is -0.367. The predicted molar refractivity (Wildman–Crippen MR) is 90.2 cm³/mol. The first-order chi connectivity index (χ1) is 11.0. The van der Waals surface area contributed by atoms with Crippen molar-refractivity contribution in [1.29, 1.82) is 0 Å². The van der Waals surface area contributed by atoms with Crippen LogP contribution in [0.1, 0.15) is 5.82 Å². The Morgan fingerprint density at radius 2 is 2.13 bits per heavy atom. The van der Waals surface area contributed by atoms with Crippen LogP contribution >= 0.6 is 11.6 Å². The summed E-state index contributed by atoms with van der Waals surface area (Å²) >= 11 is 5.94. The first-order valence-corrected chi connectivity index (χ1v) is 7.25. The lowest BCUT2D eigenvalue weighted by atomic mass is 10.3. The molecule has 2 aromatic rings. The van der Waals surface area contributed by atoms with E-state index in [1.165, 1.54) is 7.11 Å². The minimum Gasteiger partial charge on any atom is -0.495 e. The number of hydrogen-bond donors (Lipinski definition) is 2. The molecule has 7 nitrogen and oxygen atoms in total. The highest BCUT2D eigenvalue weighted by atomic mass is 35.5. The van der Waals surface area contributed by atoms with Gasteiger partial charge in [-0.1, -0.05) is 11.6 Å². The quantitative estimate of drug-likeness (QED) is 0.877. The largest absolute Gasteiger partial charge is 0.495 e. The number of ether oxygens (including phenoxy) is 1. The molecule has 1 aromatic heterocycles. The number of anilines is 2. The molecule has 0 aliphatic carbocycles. The van der Waals surface area contributed by atoms with Gasteiger partial charge >= 0.3 is 6.03 Å². The summed E-state index contributed by atoms with van der Waals surface area (Å²) in [6, 6.07) is 6.41. The molecule has 0 radical (unpaired) electrons. The lowest BCUT2D eigenvalue weighted by Crippen LogP contribution is -2.29. The summed E-state index contributed by atoms with van der Waals surface area (Å²) in [6.07, 6.45) is 1.65. The van der Waals surface area contributed by atoms with E-state index < -0.39 is 0 Å². The first kappa shape index (κ1) is 16.8. The number of methoxy groups -OCH3 is 1. The molecule has 0 bridgehead atoms. The Morgan fingerprint density at radius 1 is 1.35 bits per heavy atom. The standard InChI is InChI=1S/C15H18ClN5O2/c1-21(2)14-6-7-17-13(20-14)9-18-15(22)19-10-4-5-11(16)12(8-10)23-3/h4-8H,9H2,1-3H3,(H2,18,19,22). The maximum Gasteiger partial charge on any atom is 0.319 e. The number of nitrogens with one attached hydrogen (secondary N) is 2. The van der Waals surface area contributed by atoms with Crippen molar-refractivity contribution in [2.45, 2.75) is 6.54 Å². The molecule has 122 valence electrons. The summed E-state index contributed by atoms with van der Waals surface area (Å²) in [4.78, 5) is 22.2. The molecule has 0 spiro atoms. The maximum absolute atomic E-state index is 11.9. The van der Waals surface area contributed by atoms with Crippen molar-refractivity contribution in [1.82, 2.24) is 15.3 Å². The number of rotatable bonds is 5. The zero-order valence-electron chi connectivity index (χ0n) is 13.1. The highest BCUT2D eigenvalue weighted by molar-refractivity contribution is 6.32. The first-order valence-electron chi connectivity index (χ1n) is 6.87. The third-order valence-electron chi connectivity index (χ3n) is 2.97. The van der Waals surface area contributed by atoms with Gasteiger partial charge in [-0.15, -0.1) is 0 Å². The number of aromatic nitrogens is 2. The van der Waals surface area contributed by atoms with Crippen LogP contribution in [0.5, 0.6) is 5.75 Å². The Bertz CT molecular complexity index is 693. The number of carbonyl (C=O) groups excluding carboxylic acids is 1. The van der Waals surface area contributed by atoms with Crippen LogP contribution in [0.3, 0.4) is 0 Å². The number of halogens is 1. The normalized spacial score (nSPS) is 10.1. The summed E-state index contributed by atoms with van der Waals surface area (Å²) in [6.45, 7) is 0.220. The van der Waals surface area contributed by atoms with Gasteiger partial charge < -0.3 is 20.3 Å². The van der Waals surface area contributed by atoms with Gasteiger partial charge in [0.1, 0.15) is 17.4 Å². The van der Waals surface area contributed by atoms with Crippen LogP contribution < -0.4 is 20.3 Å². The lowest BCUT2D eigenvalue weighted by Gasteiger charge is -2.12. The second-order valence-corrected chi connectivity index (χ2v) is 5.29. The van der Waals surface area contributed by atoms with Gasteiger partial charge in [0.15, 0.2) is 0 Å². The van der Waals surface area contributed by atoms with Gasteiger partial charge in [-0.25, -0.2) is 14.8 Å². The van der Waals surface area contributed by atoms with Crippen molar-refractivity contribution in [3.63, 3.8) is 0 Å². The fraction of sp³-hybridized carbons (Fsp3) is 0.267. The van der Waals surface area contributed by atoms with Crippen LogP contribution in [0.25, 0.3) is 0 Å². The summed E-state index contributed by atoms with van der Waals surface area (Å²) in [5, 5.41) is 5.87. The van der Waals surface area contributed by atoms with Crippen molar-refractivity contribution >= 4 is 29.1 Å². The number of nitrogens with zero attached hydrogens (tertiary/aromatic N) is 3. The van der Waals surface area contributed by atoms with Crippen LogP contribution in [0.2, 0.25) is 5.02 Å². The van der Waals surface area contributed by atoms with Crippen molar-refractivity contribution in [3.05, 3.63) is 41.3 Å². The fourth-order valence-corrected chi connectivity index (χ4v) is 1.99. The van der Waals surface area contributed by atoms with E-state index in [1.807, 2.05) is 19.0 Å². The van der Waals surface area contributed by atoms with Gasteiger partial charge in [0.2, 0.25) is 0 Å². The average molecular weight is 336 g/mol. The highest BCUT2D eigenvalue weighted by Gasteiger charge is 2.07. The molecule has 0 atom stereocenters. The van der Waals surface area contributed by atoms with E-state index in [4.69, 9.17) is 16.3 Å². The molecular formula is C15H18ClN5O2. The van der Waals surface area contributed by atoms with Gasteiger partial charge in [0.25, 0.3) is 0 Å². The van der Waals surface area contributed by atoms with Crippen LogP contribution in [0.15, 0.2) is 30.5 Å². The molecule has 0 aliphatic heterocycles. The Hall–Kier alpha value is -2.54. The third-order valence-corrected chi connectivity index (χ3v) is 3.28. The van der Waals surface area contributed by atoms with Crippen LogP contribution in [-0.2, 0) is 6.54 Å². The molecule has 2 N–H and O–H groups in total. The van der Waals surface area contributed by atoms with Gasteiger partial charge in [-0.05, 0) is 18.2 Å². The Balaban J connectivity index is 1.94. The van der Waals surface area contributed by atoms with Crippen LogP contribution in [0, 0.1) is 0 Å². The van der Waals surface area contributed by atoms with E-state index in [1.54, 1.807) is 30.5 Å². The van der Waals surface area contributed by atoms with Crippen LogP contribution in [-0.4, -0.2) is 37.2 Å². The lowest BCUT2D eigenvalue weighted by molar-refractivity contribution is 0.251. The topological polar surface area (TPSA) is 79.4 Å². The van der Waals surface area contributed by atoms with Gasteiger partial charge in [-0.3, -0.25) is 0 Å². The van der Waals surface area contributed by atoms with E-state index >= 15 is 0 Å². The SMILES string of the molecule is COc1cc(NC(=O)NCc2nccc(N(C)C)n2)ccc1Cl. The highest BCUT2D eigenvalue weighted by Crippen LogP contribution is 2.27. The second kappa shape index (κ2) is 7.64. The minimum absolute atomic E-state index is 0.220. The van der Waals surface area contributed by atoms with Gasteiger partial charge in [0, 0.05) is 32.0 Å². The predicted octanol–water partition coefficient (Wildman–Crippen LogP) is 2.53. The zero-order valence-corrected chi connectivity index (χ0v) is 13.9. The number of urea groups is 1. The van der Waals surface area contributed by atoms with E-state index in [-0.39, 0.29) is 12.6 Å². The van der Waals surface area contributed by atoms with Crippen molar-refractivity contribution < 1.29 is 9.53 Å². The molecule has 23 heavy (non-hydrogen) atoms. The zero-order chi connectivity index (χ0) is 16.8. The number of amides is 2. The molecule has 1 heterocycles. The smallest absolute Gasteiger partial charge is 0.319 e. The molecule has 8 heteroatoms. The Kier molecular flexibility index (Phi) is 5.59. The fourth-order valence-electron chi connectivity index (χ4n) is 1.79. The van der Waals surface area contributed by atoms with Crippen molar-refractivity contribution in [2.24, 2.45) is 0 Å². The second-order valence-electron chi connectivity index (χ2n) is 4.88. The van der Waals surface area contributed by atoms with E-state index in [0.717, 1.165) is 5.82 Å².